The molecule has 1 N–H and O–H groups in total. The highest BCUT2D eigenvalue weighted by Gasteiger charge is 2.21. The van der Waals surface area contributed by atoms with E-state index in [0.717, 1.165) is 30.5 Å². The fourth-order valence-electron chi connectivity index (χ4n) is 2.09. The van der Waals surface area contributed by atoms with Crippen molar-refractivity contribution in [2.75, 3.05) is 33.3 Å². The van der Waals surface area contributed by atoms with Crippen LogP contribution in [-0.2, 0) is 0 Å². The summed E-state index contributed by atoms with van der Waals surface area (Å²) >= 11 is 0. The molecule has 1 aromatic rings. The maximum atomic E-state index is 5.87. The fourth-order valence-corrected chi connectivity index (χ4v) is 2.09. The average molecular weight is 375 g/mol. The maximum absolute atomic E-state index is 5.87. The largest absolute Gasteiger partial charge is 0.486 e. The molecule has 0 aliphatic carbocycles. The zero-order valence-electron chi connectivity index (χ0n) is 10.8. The van der Waals surface area contributed by atoms with Crippen LogP contribution >= 0.6 is 24.0 Å². The number of ether oxygens (including phenoxy) is 2. The van der Waals surface area contributed by atoms with E-state index < -0.39 is 0 Å². The van der Waals surface area contributed by atoms with Crippen molar-refractivity contribution in [3.63, 3.8) is 0 Å². The second-order valence-electron chi connectivity index (χ2n) is 4.51. The van der Waals surface area contributed by atoms with Gasteiger partial charge in [0.15, 0.2) is 17.5 Å². The zero-order chi connectivity index (χ0) is 12.4. The summed E-state index contributed by atoms with van der Waals surface area (Å²) < 4.78 is 11.5. The highest BCUT2D eigenvalue weighted by atomic mass is 127. The Morgan fingerprint density at radius 3 is 2.89 bits per heavy atom. The summed E-state index contributed by atoms with van der Waals surface area (Å²) in [4.78, 5) is 6.49. The van der Waals surface area contributed by atoms with Crippen molar-refractivity contribution in [3.05, 3.63) is 24.3 Å². The molecule has 0 saturated heterocycles. The summed E-state index contributed by atoms with van der Waals surface area (Å²) in [6.45, 7) is 3.12. The second-order valence-corrected chi connectivity index (χ2v) is 4.51. The van der Waals surface area contributed by atoms with E-state index >= 15 is 0 Å². The Bertz CT molecular complexity index is 467. The normalized spacial score (nSPS) is 20.6. The maximum Gasteiger partial charge on any atom is 0.193 e. The number of aliphatic imine (C=N–C) groups is 1. The monoisotopic (exact) mass is 375 g/mol. The van der Waals surface area contributed by atoms with Crippen LogP contribution in [0.4, 0.5) is 0 Å². The van der Waals surface area contributed by atoms with E-state index in [0.29, 0.717) is 13.2 Å². The molecule has 2 aliphatic rings. The minimum atomic E-state index is 0. The first-order valence-corrected chi connectivity index (χ1v) is 6.21. The summed E-state index contributed by atoms with van der Waals surface area (Å²) in [5.41, 5.74) is 0. The molecule has 5 nitrogen and oxygen atoms in total. The molecule has 0 radical (unpaired) electrons. The van der Waals surface area contributed by atoms with Crippen LogP contribution in [0.5, 0.6) is 11.5 Å². The van der Waals surface area contributed by atoms with Crippen LogP contribution in [0.2, 0.25) is 0 Å². The van der Waals surface area contributed by atoms with Gasteiger partial charge in [0.25, 0.3) is 0 Å². The quantitative estimate of drug-likeness (QED) is 0.793. The van der Waals surface area contributed by atoms with E-state index in [1.54, 1.807) is 0 Å². The predicted octanol–water partition coefficient (Wildman–Crippen LogP) is 1.34. The van der Waals surface area contributed by atoms with Gasteiger partial charge in [-0.2, -0.15) is 0 Å². The van der Waals surface area contributed by atoms with Gasteiger partial charge in [0.05, 0.1) is 13.1 Å². The van der Waals surface area contributed by atoms with E-state index in [9.17, 15) is 0 Å². The molecule has 104 valence electrons. The highest BCUT2D eigenvalue weighted by Crippen LogP contribution is 2.30. The number of nitrogens with zero attached hydrogens (tertiary/aromatic N) is 2. The number of nitrogens with one attached hydrogen (secondary N) is 1. The van der Waals surface area contributed by atoms with Gasteiger partial charge >= 0.3 is 0 Å². The van der Waals surface area contributed by atoms with Crippen molar-refractivity contribution in [1.29, 1.82) is 0 Å². The van der Waals surface area contributed by atoms with Gasteiger partial charge in [0.1, 0.15) is 12.7 Å². The molecule has 0 bridgehead atoms. The lowest BCUT2D eigenvalue weighted by atomic mass is 10.2. The predicted molar refractivity (Wildman–Crippen MR) is 84.7 cm³/mol. The van der Waals surface area contributed by atoms with Gasteiger partial charge in [0, 0.05) is 13.6 Å². The van der Waals surface area contributed by atoms with Gasteiger partial charge in [-0.3, -0.25) is 4.99 Å². The Kier molecular flexibility index (Phi) is 4.73. The molecule has 0 amide bonds. The first-order valence-electron chi connectivity index (χ1n) is 6.21. The van der Waals surface area contributed by atoms with Crippen LogP contribution in [0.1, 0.15) is 0 Å². The lowest BCUT2D eigenvalue weighted by Crippen LogP contribution is -2.44. The first-order chi connectivity index (χ1) is 8.83. The van der Waals surface area contributed by atoms with Gasteiger partial charge in [0.2, 0.25) is 0 Å². The minimum absolute atomic E-state index is 0. The molecule has 0 fully saturated rings. The third kappa shape index (κ3) is 3.23. The van der Waals surface area contributed by atoms with Crippen LogP contribution < -0.4 is 14.8 Å². The van der Waals surface area contributed by atoms with Crippen LogP contribution in [0.25, 0.3) is 0 Å². The molecule has 3 rings (SSSR count). The molecule has 0 aromatic heterocycles. The number of halogens is 1. The third-order valence-corrected chi connectivity index (χ3v) is 3.11. The Balaban J connectivity index is 0.00000133. The number of guanidine groups is 1. The molecule has 0 spiro atoms. The van der Waals surface area contributed by atoms with Crippen LogP contribution in [-0.4, -0.2) is 50.3 Å². The lowest BCUT2D eigenvalue weighted by molar-refractivity contribution is 0.0933. The number of benzene rings is 1. The Labute approximate surface area is 130 Å². The summed E-state index contributed by atoms with van der Waals surface area (Å²) in [6.07, 6.45) is 0.0246. The second kappa shape index (κ2) is 6.31. The number of hydrogen-bond donors (Lipinski definition) is 1. The van der Waals surface area contributed by atoms with Crippen LogP contribution in [0.3, 0.4) is 0 Å². The zero-order valence-corrected chi connectivity index (χ0v) is 13.2. The number of para-hydroxylation sites is 2. The Morgan fingerprint density at radius 1 is 1.37 bits per heavy atom. The molecule has 0 saturated carbocycles. The van der Waals surface area contributed by atoms with Gasteiger partial charge in [-0.25, -0.2) is 0 Å². The van der Waals surface area contributed by atoms with Crippen molar-refractivity contribution < 1.29 is 9.47 Å². The summed E-state index contributed by atoms with van der Waals surface area (Å²) in [5.74, 6) is 2.58. The summed E-state index contributed by atoms with van der Waals surface area (Å²) in [5, 5.41) is 3.30. The highest BCUT2D eigenvalue weighted by molar-refractivity contribution is 14.0. The summed E-state index contributed by atoms with van der Waals surface area (Å²) in [7, 11) is 2.03. The first kappa shape index (κ1) is 14.2. The van der Waals surface area contributed by atoms with E-state index in [2.05, 4.69) is 15.2 Å². The molecule has 1 aromatic carbocycles. The number of likely N-dealkylation sites (N-methyl/N-ethyl adjacent to an activating group) is 1. The van der Waals surface area contributed by atoms with E-state index in [1.165, 1.54) is 0 Å². The van der Waals surface area contributed by atoms with Crippen molar-refractivity contribution in [2.24, 2.45) is 4.99 Å². The van der Waals surface area contributed by atoms with Gasteiger partial charge in [-0.1, -0.05) is 12.1 Å². The minimum Gasteiger partial charge on any atom is -0.486 e. The number of hydrogen-bond acceptors (Lipinski definition) is 5. The van der Waals surface area contributed by atoms with Crippen molar-refractivity contribution in [3.8, 4) is 11.5 Å². The number of fused-ring (bicyclic) bond motifs is 1. The third-order valence-electron chi connectivity index (χ3n) is 3.11. The fraction of sp³-hybridized carbons (Fsp3) is 0.462. The summed E-state index contributed by atoms with van der Waals surface area (Å²) in [6, 6.07) is 7.75. The lowest BCUT2D eigenvalue weighted by Gasteiger charge is -2.27. The molecular formula is C13H18IN3O2. The molecule has 1 unspecified atom stereocenters. The SMILES string of the molecule is CN1CCN=C1NCC1COc2ccccc2O1.I. The molecule has 19 heavy (non-hydrogen) atoms. The van der Waals surface area contributed by atoms with Gasteiger partial charge < -0.3 is 19.7 Å². The number of rotatable bonds is 2. The molecule has 6 heteroatoms. The van der Waals surface area contributed by atoms with E-state index in [4.69, 9.17) is 9.47 Å². The van der Waals surface area contributed by atoms with Crippen molar-refractivity contribution >= 4 is 29.9 Å². The van der Waals surface area contributed by atoms with Gasteiger partial charge in [-0.05, 0) is 12.1 Å². The molecule has 1 atom stereocenters. The van der Waals surface area contributed by atoms with Crippen molar-refractivity contribution in [2.45, 2.75) is 6.10 Å². The standard InChI is InChI=1S/C13H17N3O2.HI/c1-16-7-6-14-13(16)15-8-10-9-17-11-4-2-3-5-12(11)18-10;/h2-5,10H,6-9H2,1H3,(H,14,15);1H. The average Bonchev–Trinajstić information content (AvgIpc) is 2.82. The molecular weight excluding hydrogens is 357 g/mol. The Morgan fingerprint density at radius 2 is 2.16 bits per heavy atom. The van der Waals surface area contributed by atoms with Crippen LogP contribution in [0, 0.1) is 0 Å². The Hall–Kier alpha value is -1.18. The molecule has 2 heterocycles. The van der Waals surface area contributed by atoms with Crippen LogP contribution in [0.15, 0.2) is 29.3 Å². The van der Waals surface area contributed by atoms with E-state index in [1.807, 2.05) is 31.3 Å². The van der Waals surface area contributed by atoms with E-state index in [-0.39, 0.29) is 30.1 Å². The van der Waals surface area contributed by atoms with Gasteiger partial charge in [-0.15, -0.1) is 24.0 Å². The molecule has 2 aliphatic heterocycles. The topological polar surface area (TPSA) is 46.1 Å². The smallest absolute Gasteiger partial charge is 0.193 e. The van der Waals surface area contributed by atoms with Crippen molar-refractivity contribution in [1.82, 2.24) is 10.2 Å².